The summed E-state index contributed by atoms with van der Waals surface area (Å²) in [6, 6.07) is 5.92. The molecule has 0 aromatic heterocycles. The van der Waals surface area contributed by atoms with Gasteiger partial charge in [0, 0.05) is 0 Å². The van der Waals surface area contributed by atoms with Gasteiger partial charge in [-0.2, -0.15) is 5.26 Å². The summed E-state index contributed by atoms with van der Waals surface area (Å²) in [6.45, 7) is 2.59. The molecule has 0 radical (unpaired) electrons. The number of cyclic esters (lactones) is 1. The maximum atomic E-state index is 13.6. The number of carbonyl (C=O) groups is 1. The van der Waals surface area contributed by atoms with Crippen molar-refractivity contribution in [1.29, 1.82) is 5.26 Å². The first-order chi connectivity index (χ1) is 10.2. The highest BCUT2D eigenvalue weighted by molar-refractivity contribution is 5.89. The number of nitrogens with zero attached hydrogens (tertiary/aromatic N) is 2. The summed E-state index contributed by atoms with van der Waals surface area (Å²) in [5, 5.41) is 8.71. The van der Waals surface area contributed by atoms with Crippen LogP contribution in [0, 0.1) is 17.1 Å². The van der Waals surface area contributed by atoms with E-state index in [1.807, 2.05) is 0 Å². The zero-order valence-electron chi connectivity index (χ0n) is 12.1. The molecule has 0 saturated carbocycles. The van der Waals surface area contributed by atoms with Gasteiger partial charge < -0.3 is 4.74 Å². The van der Waals surface area contributed by atoms with Crippen molar-refractivity contribution in [2.75, 3.05) is 11.4 Å². The number of benzene rings is 1. The number of nitriles is 1. The number of amides is 1. The Morgan fingerprint density at radius 2 is 2.24 bits per heavy atom. The van der Waals surface area contributed by atoms with E-state index in [-0.39, 0.29) is 11.7 Å². The molecule has 0 N–H and O–H groups in total. The van der Waals surface area contributed by atoms with Crippen LogP contribution in [0.25, 0.3) is 0 Å². The van der Waals surface area contributed by atoms with Gasteiger partial charge in [-0.1, -0.05) is 26.2 Å². The minimum atomic E-state index is -0.616. The summed E-state index contributed by atoms with van der Waals surface area (Å²) in [6.07, 6.45) is 4.78. The van der Waals surface area contributed by atoms with Crippen LogP contribution in [-0.2, 0) is 4.74 Å². The van der Waals surface area contributed by atoms with Gasteiger partial charge in [0.15, 0.2) is 0 Å². The maximum Gasteiger partial charge on any atom is 0.414 e. The van der Waals surface area contributed by atoms with Gasteiger partial charge >= 0.3 is 6.09 Å². The molecule has 1 aliphatic heterocycles. The lowest BCUT2D eigenvalue weighted by molar-refractivity contribution is 0.135. The fraction of sp³-hybridized carbons (Fsp3) is 0.500. The number of anilines is 1. The van der Waals surface area contributed by atoms with Crippen molar-refractivity contribution in [3.05, 3.63) is 29.6 Å². The SMILES string of the molecule is CCCCCCC1CN(c2ccc(C#N)c(F)c2)C(=O)O1. The quantitative estimate of drug-likeness (QED) is 0.744. The molecule has 21 heavy (non-hydrogen) atoms. The average molecular weight is 290 g/mol. The van der Waals surface area contributed by atoms with Crippen molar-refractivity contribution in [2.24, 2.45) is 0 Å². The Hall–Kier alpha value is -2.09. The smallest absolute Gasteiger partial charge is 0.414 e. The zero-order valence-corrected chi connectivity index (χ0v) is 12.1. The molecule has 0 aliphatic carbocycles. The van der Waals surface area contributed by atoms with Crippen LogP contribution in [0.4, 0.5) is 14.9 Å². The standard InChI is InChI=1S/C16H19FN2O2/c1-2-3-4-5-6-14-11-19(16(20)21-14)13-8-7-12(10-18)15(17)9-13/h7-9,14H,2-6,11H2,1H3. The third-order valence-electron chi connectivity index (χ3n) is 3.64. The van der Waals surface area contributed by atoms with Crippen LogP contribution in [0.5, 0.6) is 0 Å². The predicted octanol–water partition coefficient (Wildman–Crippen LogP) is 3.99. The molecule has 1 atom stereocenters. The van der Waals surface area contributed by atoms with Crippen LogP contribution < -0.4 is 4.90 Å². The van der Waals surface area contributed by atoms with E-state index in [0.717, 1.165) is 19.3 Å². The molecule has 1 amide bonds. The topological polar surface area (TPSA) is 53.3 Å². The first-order valence-corrected chi connectivity index (χ1v) is 7.33. The Kier molecular flexibility index (Phi) is 5.15. The van der Waals surface area contributed by atoms with Crippen LogP contribution in [0.2, 0.25) is 0 Å². The number of halogens is 1. The lowest BCUT2D eigenvalue weighted by atomic mass is 10.1. The highest BCUT2D eigenvalue weighted by Gasteiger charge is 2.32. The van der Waals surface area contributed by atoms with Gasteiger partial charge in [0.25, 0.3) is 0 Å². The summed E-state index contributed by atoms with van der Waals surface area (Å²) >= 11 is 0. The molecule has 4 nitrogen and oxygen atoms in total. The second kappa shape index (κ2) is 7.07. The molecule has 112 valence electrons. The summed E-state index contributed by atoms with van der Waals surface area (Å²) in [4.78, 5) is 13.3. The lowest BCUT2D eigenvalue weighted by Crippen LogP contribution is -2.24. The van der Waals surface area contributed by atoms with E-state index in [0.29, 0.717) is 12.2 Å². The maximum absolute atomic E-state index is 13.6. The Labute approximate surface area is 124 Å². The molecule has 1 fully saturated rings. The lowest BCUT2D eigenvalue weighted by Gasteiger charge is -2.13. The van der Waals surface area contributed by atoms with E-state index < -0.39 is 11.9 Å². The number of rotatable bonds is 6. The number of ether oxygens (including phenoxy) is 1. The summed E-state index contributed by atoms with van der Waals surface area (Å²) in [7, 11) is 0. The molecule has 0 bridgehead atoms. The van der Waals surface area contributed by atoms with E-state index in [1.54, 1.807) is 12.1 Å². The summed E-state index contributed by atoms with van der Waals surface area (Å²) in [5.74, 6) is -0.616. The summed E-state index contributed by atoms with van der Waals surface area (Å²) < 4.78 is 18.9. The van der Waals surface area contributed by atoms with E-state index in [2.05, 4.69) is 6.92 Å². The minimum absolute atomic E-state index is 0.0255. The zero-order chi connectivity index (χ0) is 15.2. The molecule has 0 spiro atoms. The molecule has 1 unspecified atom stereocenters. The molecule has 1 aromatic carbocycles. The van der Waals surface area contributed by atoms with E-state index in [9.17, 15) is 9.18 Å². The van der Waals surface area contributed by atoms with Crippen molar-refractivity contribution in [1.82, 2.24) is 0 Å². The number of carbonyl (C=O) groups excluding carboxylic acids is 1. The van der Waals surface area contributed by atoms with Crippen molar-refractivity contribution in [3.8, 4) is 6.07 Å². The Bertz CT molecular complexity index is 554. The highest BCUT2D eigenvalue weighted by atomic mass is 19.1. The van der Waals surface area contributed by atoms with Crippen molar-refractivity contribution < 1.29 is 13.9 Å². The molecule has 1 heterocycles. The Morgan fingerprint density at radius 1 is 1.43 bits per heavy atom. The summed E-state index contributed by atoms with van der Waals surface area (Å²) in [5.41, 5.74) is 0.412. The van der Waals surface area contributed by atoms with E-state index in [1.165, 1.54) is 29.9 Å². The molecule has 1 aliphatic rings. The van der Waals surface area contributed by atoms with Crippen LogP contribution in [0.15, 0.2) is 18.2 Å². The molecule has 1 saturated heterocycles. The fourth-order valence-electron chi connectivity index (χ4n) is 2.44. The van der Waals surface area contributed by atoms with Crippen molar-refractivity contribution >= 4 is 11.8 Å². The predicted molar refractivity (Wildman–Crippen MR) is 77.5 cm³/mol. The first kappa shape index (κ1) is 15.3. The third-order valence-corrected chi connectivity index (χ3v) is 3.64. The number of unbranched alkanes of at least 4 members (excludes halogenated alkanes) is 3. The largest absolute Gasteiger partial charge is 0.444 e. The Morgan fingerprint density at radius 3 is 2.90 bits per heavy atom. The Balaban J connectivity index is 1.97. The molecule has 2 rings (SSSR count). The van der Waals surface area contributed by atoms with Crippen LogP contribution in [0.3, 0.4) is 0 Å². The monoisotopic (exact) mass is 290 g/mol. The van der Waals surface area contributed by atoms with Gasteiger partial charge in [-0.15, -0.1) is 0 Å². The van der Waals surface area contributed by atoms with E-state index >= 15 is 0 Å². The van der Waals surface area contributed by atoms with Gasteiger partial charge in [0.05, 0.1) is 17.8 Å². The third kappa shape index (κ3) is 3.72. The highest BCUT2D eigenvalue weighted by Crippen LogP contribution is 2.25. The van der Waals surface area contributed by atoms with E-state index in [4.69, 9.17) is 10.00 Å². The number of hydrogen-bond donors (Lipinski definition) is 0. The normalized spacial score (nSPS) is 17.7. The second-order valence-electron chi connectivity index (χ2n) is 5.24. The first-order valence-electron chi connectivity index (χ1n) is 7.33. The fourth-order valence-corrected chi connectivity index (χ4v) is 2.44. The van der Waals surface area contributed by atoms with Crippen molar-refractivity contribution in [2.45, 2.75) is 45.1 Å². The van der Waals surface area contributed by atoms with Gasteiger partial charge in [0.2, 0.25) is 0 Å². The number of hydrogen-bond acceptors (Lipinski definition) is 3. The van der Waals surface area contributed by atoms with Gasteiger partial charge in [0.1, 0.15) is 18.0 Å². The van der Waals surface area contributed by atoms with Crippen LogP contribution >= 0.6 is 0 Å². The van der Waals surface area contributed by atoms with Gasteiger partial charge in [-0.3, -0.25) is 4.90 Å². The molecule has 5 heteroatoms. The second-order valence-corrected chi connectivity index (χ2v) is 5.24. The van der Waals surface area contributed by atoms with Crippen LogP contribution in [0.1, 0.15) is 44.6 Å². The average Bonchev–Trinajstić information content (AvgIpc) is 2.84. The van der Waals surface area contributed by atoms with Crippen LogP contribution in [-0.4, -0.2) is 18.7 Å². The molecule has 1 aromatic rings. The minimum Gasteiger partial charge on any atom is -0.444 e. The molecular formula is C16H19FN2O2. The van der Waals surface area contributed by atoms with Gasteiger partial charge in [-0.05, 0) is 31.0 Å². The van der Waals surface area contributed by atoms with Gasteiger partial charge in [-0.25, -0.2) is 9.18 Å². The van der Waals surface area contributed by atoms with Crippen molar-refractivity contribution in [3.63, 3.8) is 0 Å². The molecular weight excluding hydrogens is 271 g/mol.